The highest BCUT2D eigenvalue weighted by atomic mass is 33.1. The molecule has 54 valence electrons. The van der Waals surface area contributed by atoms with Gasteiger partial charge in [0.15, 0.2) is 0 Å². The summed E-state index contributed by atoms with van der Waals surface area (Å²) in [7, 11) is 1.43. The molecule has 0 saturated carbocycles. The molecule has 0 amide bonds. The third-order valence-electron chi connectivity index (χ3n) is 1.29. The second kappa shape index (κ2) is 3.91. The van der Waals surface area contributed by atoms with Crippen molar-refractivity contribution in [3.8, 4) is 0 Å². The first-order valence-corrected chi connectivity index (χ1v) is 4.84. The zero-order valence-corrected chi connectivity index (χ0v) is 7.16. The van der Waals surface area contributed by atoms with Gasteiger partial charge in [-0.15, -0.1) is 11.7 Å². The molecule has 0 bridgehead atoms. The van der Waals surface area contributed by atoms with E-state index in [1.165, 1.54) is 10.8 Å². The lowest BCUT2D eigenvalue weighted by Crippen LogP contribution is -1.96. The summed E-state index contributed by atoms with van der Waals surface area (Å²) in [6.45, 7) is 0.587. The SMILES string of the molecule is NCc1ccccc1SS. The van der Waals surface area contributed by atoms with Crippen molar-refractivity contribution in [3.63, 3.8) is 0 Å². The fourth-order valence-corrected chi connectivity index (χ4v) is 1.70. The van der Waals surface area contributed by atoms with Crippen LogP contribution in [0.3, 0.4) is 0 Å². The Morgan fingerprint density at radius 2 is 2.10 bits per heavy atom. The van der Waals surface area contributed by atoms with E-state index in [1.54, 1.807) is 0 Å². The van der Waals surface area contributed by atoms with Gasteiger partial charge in [-0.1, -0.05) is 29.0 Å². The molecule has 0 fully saturated rings. The van der Waals surface area contributed by atoms with Crippen LogP contribution in [0.1, 0.15) is 5.56 Å². The lowest BCUT2D eigenvalue weighted by atomic mass is 10.2. The Bertz CT molecular complexity index is 190. The molecule has 2 N–H and O–H groups in total. The maximum absolute atomic E-state index is 5.48. The van der Waals surface area contributed by atoms with Crippen LogP contribution in [0.5, 0.6) is 0 Å². The van der Waals surface area contributed by atoms with Crippen LogP contribution >= 0.6 is 22.5 Å². The van der Waals surface area contributed by atoms with Gasteiger partial charge in [-0.2, -0.15) is 0 Å². The van der Waals surface area contributed by atoms with Crippen LogP contribution in [0.25, 0.3) is 0 Å². The fourth-order valence-electron chi connectivity index (χ4n) is 0.762. The van der Waals surface area contributed by atoms with Crippen LogP contribution in [0.2, 0.25) is 0 Å². The molecule has 3 heteroatoms. The largest absolute Gasteiger partial charge is 0.326 e. The summed E-state index contributed by atoms with van der Waals surface area (Å²) in [4.78, 5) is 1.15. The van der Waals surface area contributed by atoms with Crippen molar-refractivity contribution < 1.29 is 0 Å². The monoisotopic (exact) mass is 171 g/mol. The molecule has 0 radical (unpaired) electrons. The molecule has 1 aromatic carbocycles. The van der Waals surface area contributed by atoms with Crippen molar-refractivity contribution >= 4 is 22.5 Å². The van der Waals surface area contributed by atoms with Gasteiger partial charge in [-0.25, -0.2) is 0 Å². The average molecular weight is 171 g/mol. The van der Waals surface area contributed by atoms with Crippen molar-refractivity contribution in [1.29, 1.82) is 0 Å². The predicted molar refractivity (Wildman–Crippen MR) is 49.2 cm³/mol. The topological polar surface area (TPSA) is 26.0 Å². The first kappa shape index (κ1) is 7.98. The fraction of sp³-hybridized carbons (Fsp3) is 0.143. The van der Waals surface area contributed by atoms with Crippen molar-refractivity contribution in [2.45, 2.75) is 11.4 Å². The van der Waals surface area contributed by atoms with Gasteiger partial charge in [0.2, 0.25) is 0 Å². The molecule has 0 unspecified atom stereocenters. The highest BCUT2D eigenvalue weighted by molar-refractivity contribution is 8.68. The van der Waals surface area contributed by atoms with Gasteiger partial charge >= 0.3 is 0 Å². The molecule has 10 heavy (non-hydrogen) atoms. The Kier molecular flexibility index (Phi) is 3.12. The first-order valence-electron chi connectivity index (χ1n) is 2.98. The lowest BCUT2D eigenvalue weighted by molar-refractivity contribution is 1.03. The Labute approximate surface area is 69.8 Å². The van der Waals surface area contributed by atoms with E-state index in [1.807, 2.05) is 24.3 Å². The average Bonchev–Trinajstić information content (AvgIpc) is 2.04. The molecule has 1 rings (SSSR count). The second-order valence-corrected chi connectivity index (χ2v) is 3.07. The maximum Gasteiger partial charge on any atom is 0.0225 e. The van der Waals surface area contributed by atoms with Crippen LogP contribution in [0.15, 0.2) is 29.2 Å². The number of hydrogen-bond donors (Lipinski definition) is 2. The Morgan fingerprint density at radius 1 is 1.40 bits per heavy atom. The van der Waals surface area contributed by atoms with E-state index in [2.05, 4.69) is 11.7 Å². The highest BCUT2D eigenvalue weighted by Gasteiger charge is 1.95. The summed E-state index contributed by atoms with van der Waals surface area (Å²) in [5.41, 5.74) is 6.63. The van der Waals surface area contributed by atoms with E-state index in [4.69, 9.17) is 5.73 Å². The lowest BCUT2D eigenvalue weighted by Gasteiger charge is -2.01. The molecular weight excluding hydrogens is 162 g/mol. The molecule has 0 aliphatic heterocycles. The van der Waals surface area contributed by atoms with Gasteiger partial charge in [-0.3, -0.25) is 0 Å². The van der Waals surface area contributed by atoms with Crippen LogP contribution in [-0.4, -0.2) is 0 Å². The minimum Gasteiger partial charge on any atom is -0.326 e. The molecule has 0 saturated heterocycles. The van der Waals surface area contributed by atoms with E-state index >= 15 is 0 Å². The van der Waals surface area contributed by atoms with Crippen LogP contribution in [0.4, 0.5) is 0 Å². The first-order chi connectivity index (χ1) is 4.88. The number of thiol groups is 1. The third kappa shape index (κ3) is 1.68. The van der Waals surface area contributed by atoms with Crippen LogP contribution in [0, 0.1) is 0 Å². The van der Waals surface area contributed by atoms with Gasteiger partial charge in [0.1, 0.15) is 0 Å². The van der Waals surface area contributed by atoms with Gasteiger partial charge in [-0.05, 0) is 11.6 Å². The molecule has 0 aliphatic rings. The molecular formula is C7H9NS2. The normalized spacial score (nSPS) is 9.80. The Balaban J connectivity index is 2.96. The molecule has 0 heterocycles. The molecule has 0 aromatic heterocycles. The molecule has 0 atom stereocenters. The summed E-state index contributed by atoms with van der Waals surface area (Å²) in [6, 6.07) is 7.99. The Hall–Kier alpha value is -0.120. The minimum atomic E-state index is 0.587. The summed E-state index contributed by atoms with van der Waals surface area (Å²) in [5, 5.41) is 0. The van der Waals surface area contributed by atoms with Crippen molar-refractivity contribution in [2.75, 3.05) is 0 Å². The summed E-state index contributed by atoms with van der Waals surface area (Å²) in [6.07, 6.45) is 0. The summed E-state index contributed by atoms with van der Waals surface area (Å²) < 4.78 is 0. The second-order valence-electron chi connectivity index (χ2n) is 1.90. The zero-order chi connectivity index (χ0) is 7.40. The zero-order valence-electron chi connectivity index (χ0n) is 5.45. The van der Waals surface area contributed by atoms with Crippen LogP contribution < -0.4 is 5.73 Å². The quantitative estimate of drug-likeness (QED) is 0.526. The molecule has 1 nitrogen and oxygen atoms in total. The Morgan fingerprint density at radius 3 is 2.60 bits per heavy atom. The van der Waals surface area contributed by atoms with E-state index in [9.17, 15) is 0 Å². The molecule has 0 spiro atoms. The predicted octanol–water partition coefficient (Wildman–Crippen LogP) is 2.08. The number of hydrogen-bond acceptors (Lipinski definition) is 3. The highest BCUT2D eigenvalue weighted by Crippen LogP contribution is 2.24. The van der Waals surface area contributed by atoms with Gasteiger partial charge in [0.05, 0.1) is 0 Å². The number of rotatable bonds is 2. The third-order valence-corrected chi connectivity index (χ3v) is 2.48. The van der Waals surface area contributed by atoms with Crippen LogP contribution in [-0.2, 0) is 6.54 Å². The molecule has 1 aromatic rings. The smallest absolute Gasteiger partial charge is 0.0225 e. The van der Waals surface area contributed by atoms with Gasteiger partial charge in [0, 0.05) is 11.4 Å². The van der Waals surface area contributed by atoms with Crippen molar-refractivity contribution in [3.05, 3.63) is 29.8 Å². The van der Waals surface area contributed by atoms with E-state index in [-0.39, 0.29) is 0 Å². The van der Waals surface area contributed by atoms with Gasteiger partial charge < -0.3 is 5.73 Å². The minimum absolute atomic E-state index is 0.587. The standard InChI is InChI=1S/C7H9NS2/c8-5-6-3-1-2-4-7(6)10-9/h1-4,9H,5,8H2. The molecule has 0 aliphatic carbocycles. The van der Waals surface area contributed by atoms with E-state index < -0.39 is 0 Å². The van der Waals surface area contributed by atoms with Crippen molar-refractivity contribution in [2.24, 2.45) is 5.73 Å². The maximum atomic E-state index is 5.48. The van der Waals surface area contributed by atoms with Crippen molar-refractivity contribution in [1.82, 2.24) is 0 Å². The van der Waals surface area contributed by atoms with E-state index in [0.717, 1.165) is 10.5 Å². The van der Waals surface area contributed by atoms with Gasteiger partial charge in [0.25, 0.3) is 0 Å². The number of nitrogens with two attached hydrogens (primary N) is 1. The summed E-state index contributed by atoms with van der Waals surface area (Å²) in [5.74, 6) is 0. The summed E-state index contributed by atoms with van der Waals surface area (Å²) >= 11 is 4.09. The number of benzene rings is 1. The van der Waals surface area contributed by atoms with E-state index in [0.29, 0.717) is 6.54 Å².